The van der Waals surface area contributed by atoms with Crippen LogP contribution in [0.3, 0.4) is 0 Å². The van der Waals surface area contributed by atoms with E-state index >= 15 is 0 Å². The van der Waals surface area contributed by atoms with Crippen LogP contribution < -0.4 is 15.4 Å². The predicted octanol–water partition coefficient (Wildman–Crippen LogP) is 1.18. The lowest BCUT2D eigenvalue weighted by Crippen LogP contribution is -2.53. The highest BCUT2D eigenvalue weighted by Crippen LogP contribution is 2.16. The van der Waals surface area contributed by atoms with Gasteiger partial charge in [-0.25, -0.2) is 14.2 Å². The van der Waals surface area contributed by atoms with Crippen molar-refractivity contribution < 1.29 is 28.2 Å². The summed E-state index contributed by atoms with van der Waals surface area (Å²) in [4.78, 5) is 40.8. The maximum absolute atomic E-state index is 14.0. The molecule has 8 nitrogen and oxygen atoms in total. The fourth-order valence-electron chi connectivity index (χ4n) is 2.93. The Kier molecular flexibility index (Phi) is 8.28. The van der Waals surface area contributed by atoms with Crippen LogP contribution in [0.15, 0.2) is 42.6 Å². The number of aromatic nitrogens is 1. The molecule has 0 unspecified atom stereocenters. The third-order valence-corrected chi connectivity index (χ3v) is 4.35. The van der Waals surface area contributed by atoms with Crippen molar-refractivity contribution in [1.82, 2.24) is 15.6 Å². The van der Waals surface area contributed by atoms with Crippen LogP contribution in [-0.4, -0.2) is 49.1 Å². The van der Waals surface area contributed by atoms with Crippen molar-refractivity contribution in [2.75, 3.05) is 14.2 Å². The normalized spacial score (nSPS) is 12.4. The number of hydrogen-bond donors (Lipinski definition) is 2. The highest BCUT2D eigenvalue weighted by atomic mass is 19.1. The fraction of sp³-hybridized carbons (Fsp3) is 0.333. The molecule has 0 aliphatic rings. The Morgan fingerprint density at radius 3 is 2.30 bits per heavy atom. The Bertz CT molecular complexity index is 906. The van der Waals surface area contributed by atoms with Gasteiger partial charge in [0, 0.05) is 31.5 Å². The Morgan fingerprint density at radius 1 is 1.00 bits per heavy atom. The van der Waals surface area contributed by atoms with Gasteiger partial charge >= 0.3 is 5.97 Å². The summed E-state index contributed by atoms with van der Waals surface area (Å²) in [5, 5.41) is 5.08. The molecule has 0 spiro atoms. The second-order valence-corrected chi connectivity index (χ2v) is 6.51. The van der Waals surface area contributed by atoms with E-state index < -0.39 is 35.7 Å². The average Bonchev–Trinajstić information content (AvgIpc) is 2.73. The number of benzene rings is 1. The molecule has 2 rings (SSSR count). The lowest BCUT2D eigenvalue weighted by Gasteiger charge is -2.22. The average molecular weight is 417 g/mol. The van der Waals surface area contributed by atoms with E-state index in [0.29, 0.717) is 11.4 Å². The van der Waals surface area contributed by atoms with Crippen molar-refractivity contribution in [2.45, 2.75) is 31.8 Å². The molecule has 0 saturated heterocycles. The van der Waals surface area contributed by atoms with Crippen molar-refractivity contribution in [3.63, 3.8) is 0 Å². The number of ether oxygens (including phenoxy) is 2. The van der Waals surface area contributed by atoms with Gasteiger partial charge < -0.3 is 20.1 Å². The number of pyridine rings is 1. The Labute approximate surface area is 173 Å². The van der Waals surface area contributed by atoms with Gasteiger partial charge in [0.2, 0.25) is 17.7 Å². The predicted molar refractivity (Wildman–Crippen MR) is 106 cm³/mol. The van der Waals surface area contributed by atoms with Gasteiger partial charge in [0.25, 0.3) is 0 Å². The molecule has 160 valence electrons. The zero-order valence-electron chi connectivity index (χ0n) is 17.0. The van der Waals surface area contributed by atoms with Gasteiger partial charge in [0.15, 0.2) is 0 Å². The molecular formula is C21H24FN3O5. The number of carbonyl (C=O) groups excluding carboxylic acids is 3. The van der Waals surface area contributed by atoms with Gasteiger partial charge in [0.05, 0.1) is 14.2 Å². The van der Waals surface area contributed by atoms with E-state index in [4.69, 9.17) is 9.47 Å². The second kappa shape index (κ2) is 10.9. The maximum atomic E-state index is 14.0. The molecule has 30 heavy (non-hydrogen) atoms. The Hall–Kier alpha value is -3.49. The highest BCUT2D eigenvalue weighted by Gasteiger charge is 2.28. The molecular weight excluding hydrogens is 393 g/mol. The molecule has 0 aliphatic heterocycles. The first-order valence-corrected chi connectivity index (χ1v) is 9.22. The van der Waals surface area contributed by atoms with Gasteiger partial charge in [0.1, 0.15) is 17.9 Å². The van der Waals surface area contributed by atoms with Crippen molar-refractivity contribution in [3.05, 3.63) is 59.5 Å². The van der Waals surface area contributed by atoms with Crippen LogP contribution >= 0.6 is 0 Å². The first kappa shape index (κ1) is 22.8. The summed E-state index contributed by atoms with van der Waals surface area (Å²) in [6.45, 7) is 1.25. The van der Waals surface area contributed by atoms with Gasteiger partial charge in [-0.2, -0.15) is 0 Å². The van der Waals surface area contributed by atoms with Crippen molar-refractivity contribution >= 4 is 17.8 Å². The van der Waals surface area contributed by atoms with Crippen LogP contribution in [0.5, 0.6) is 5.88 Å². The summed E-state index contributed by atoms with van der Waals surface area (Å²) in [6.07, 6.45) is 1.51. The largest absolute Gasteiger partial charge is 0.481 e. The molecule has 1 heterocycles. The third-order valence-electron chi connectivity index (χ3n) is 4.35. The monoisotopic (exact) mass is 417 g/mol. The summed E-state index contributed by atoms with van der Waals surface area (Å²) < 4.78 is 24.0. The molecule has 1 aromatic carbocycles. The van der Waals surface area contributed by atoms with Crippen LogP contribution in [0.2, 0.25) is 0 Å². The fourth-order valence-corrected chi connectivity index (χ4v) is 2.93. The van der Waals surface area contributed by atoms with Crippen LogP contribution in [0, 0.1) is 5.82 Å². The number of nitrogens with one attached hydrogen (secondary N) is 2. The number of esters is 1. The van der Waals surface area contributed by atoms with E-state index in [1.807, 2.05) is 0 Å². The summed E-state index contributed by atoms with van der Waals surface area (Å²) in [5.41, 5.74) is 0.843. The van der Waals surface area contributed by atoms with Gasteiger partial charge in [-0.15, -0.1) is 0 Å². The minimum Gasteiger partial charge on any atom is -0.481 e. The van der Waals surface area contributed by atoms with Gasteiger partial charge in [-0.1, -0.05) is 24.3 Å². The van der Waals surface area contributed by atoms with E-state index in [-0.39, 0.29) is 18.4 Å². The Morgan fingerprint density at radius 2 is 1.67 bits per heavy atom. The number of hydrogen-bond acceptors (Lipinski definition) is 6. The smallest absolute Gasteiger partial charge is 0.328 e. The van der Waals surface area contributed by atoms with E-state index in [2.05, 4.69) is 15.6 Å². The highest BCUT2D eigenvalue weighted by molar-refractivity contribution is 5.90. The topological polar surface area (TPSA) is 107 Å². The van der Waals surface area contributed by atoms with Crippen molar-refractivity contribution in [2.24, 2.45) is 0 Å². The van der Waals surface area contributed by atoms with Crippen LogP contribution in [-0.2, 0) is 32.0 Å². The molecule has 0 radical (unpaired) electrons. The summed E-state index contributed by atoms with van der Waals surface area (Å²) >= 11 is 0. The standard InChI is InChI=1S/C21H24FN3O5/c1-13(26)24-17(11-14-7-4-5-9-16(14)22)19(27)25-18(21(28)30-3)12-15-8-6-10-23-20(15)29-2/h4-10,17-18H,11-12H2,1-3H3,(H,24,26)(H,25,27)/t17-,18-/m0/s1. The molecule has 0 bridgehead atoms. The lowest BCUT2D eigenvalue weighted by molar-refractivity contribution is -0.145. The zero-order chi connectivity index (χ0) is 22.1. The quantitative estimate of drug-likeness (QED) is 0.594. The van der Waals surface area contributed by atoms with Gasteiger partial charge in [-0.05, 0) is 17.7 Å². The van der Waals surface area contributed by atoms with Crippen LogP contribution in [0.4, 0.5) is 4.39 Å². The maximum Gasteiger partial charge on any atom is 0.328 e. The second-order valence-electron chi connectivity index (χ2n) is 6.51. The Balaban J connectivity index is 2.22. The number of halogens is 1. The molecule has 1 aromatic heterocycles. The lowest BCUT2D eigenvalue weighted by atomic mass is 10.0. The van der Waals surface area contributed by atoms with Gasteiger partial charge in [-0.3, -0.25) is 9.59 Å². The summed E-state index contributed by atoms with van der Waals surface area (Å²) in [6, 6.07) is 7.19. The first-order valence-electron chi connectivity index (χ1n) is 9.22. The first-order chi connectivity index (χ1) is 14.3. The number of amides is 2. The molecule has 2 aromatic rings. The number of nitrogens with zero attached hydrogens (tertiary/aromatic N) is 1. The number of carbonyl (C=O) groups is 3. The SMILES string of the molecule is COC(=O)[C@H](Cc1cccnc1OC)NC(=O)[C@H](Cc1ccccc1F)NC(C)=O. The minimum absolute atomic E-state index is 0.0575. The summed E-state index contributed by atoms with van der Waals surface area (Å²) in [7, 11) is 2.64. The van der Waals surface area contributed by atoms with E-state index in [9.17, 15) is 18.8 Å². The van der Waals surface area contributed by atoms with Crippen LogP contribution in [0.25, 0.3) is 0 Å². The van der Waals surface area contributed by atoms with Crippen molar-refractivity contribution in [1.29, 1.82) is 0 Å². The molecule has 0 fully saturated rings. The molecule has 2 atom stereocenters. The van der Waals surface area contributed by atoms with Crippen molar-refractivity contribution in [3.8, 4) is 5.88 Å². The van der Waals surface area contributed by atoms with Crippen LogP contribution in [0.1, 0.15) is 18.1 Å². The van der Waals surface area contributed by atoms with E-state index in [0.717, 1.165) is 0 Å². The minimum atomic E-state index is -1.08. The third kappa shape index (κ3) is 6.26. The molecule has 2 N–H and O–H groups in total. The molecule has 0 saturated carbocycles. The summed E-state index contributed by atoms with van der Waals surface area (Å²) in [5.74, 6) is -1.97. The number of methoxy groups -OCH3 is 2. The molecule has 2 amide bonds. The van der Waals surface area contributed by atoms with E-state index in [1.165, 1.54) is 45.5 Å². The molecule has 9 heteroatoms. The zero-order valence-corrected chi connectivity index (χ0v) is 17.0. The van der Waals surface area contributed by atoms with E-state index in [1.54, 1.807) is 18.2 Å². The number of rotatable bonds is 9. The molecule has 0 aliphatic carbocycles.